The number of aromatic hydroxyl groups is 1. The number of rotatable bonds is 5. The van der Waals surface area contributed by atoms with Crippen LogP contribution in [0.4, 0.5) is 0 Å². The summed E-state index contributed by atoms with van der Waals surface area (Å²) in [6.45, 7) is 2.73. The molecule has 1 aliphatic carbocycles. The molecule has 0 saturated heterocycles. The highest BCUT2D eigenvalue weighted by Crippen LogP contribution is 2.42. The number of carboxylic acids is 1. The van der Waals surface area contributed by atoms with Crippen LogP contribution in [0.15, 0.2) is 63.8 Å². The minimum atomic E-state index is -1.09. The van der Waals surface area contributed by atoms with Crippen LogP contribution in [-0.2, 0) is 0 Å². The van der Waals surface area contributed by atoms with Crippen molar-refractivity contribution in [2.24, 2.45) is 0 Å². The summed E-state index contributed by atoms with van der Waals surface area (Å²) in [5.41, 5.74) is 2.50. The minimum Gasteiger partial charge on any atom is -0.508 e. The lowest BCUT2D eigenvalue weighted by Crippen LogP contribution is -2.23. The van der Waals surface area contributed by atoms with Gasteiger partial charge in [0.2, 0.25) is 0 Å². The Labute approximate surface area is 183 Å². The molecule has 0 aromatic heterocycles. The first-order valence-electron chi connectivity index (χ1n) is 9.74. The maximum absolute atomic E-state index is 12.1. The van der Waals surface area contributed by atoms with Crippen LogP contribution in [0.1, 0.15) is 29.3 Å². The van der Waals surface area contributed by atoms with E-state index in [9.17, 15) is 19.8 Å². The molecule has 0 saturated carbocycles. The van der Waals surface area contributed by atoms with E-state index in [1.54, 1.807) is 24.3 Å². The highest BCUT2D eigenvalue weighted by atomic mass is 32.1. The van der Waals surface area contributed by atoms with E-state index >= 15 is 0 Å². The van der Waals surface area contributed by atoms with Crippen molar-refractivity contribution in [3.63, 3.8) is 0 Å². The van der Waals surface area contributed by atoms with Crippen LogP contribution in [-0.4, -0.2) is 27.7 Å². The second-order valence-corrected chi connectivity index (χ2v) is 7.55. The molecular weight excluding hydrogens is 414 g/mol. The molecule has 0 fully saturated rings. The first kappa shape index (κ1) is 20.6. The molecule has 1 aliphatic heterocycles. The first-order valence-corrected chi connectivity index (χ1v) is 10.2. The third-order valence-electron chi connectivity index (χ3n) is 4.99. The van der Waals surface area contributed by atoms with Crippen molar-refractivity contribution < 1.29 is 19.4 Å². The highest BCUT2D eigenvalue weighted by Gasteiger charge is 2.22. The van der Waals surface area contributed by atoms with Crippen LogP contribution in [0.25, 0.3) is 33.4 Å². The molecule has 7 heteroatoms. The van der Waals surface area contributed by atoms with Crippen LogP contribution < -0.4 is 10.7 Å². The Morgan fingerprint density at radius 3 is 2.61 bits per heavy atom. The van der Waals surface area contributed by atoms with E-state index in [1.165, 1.54) is 30.3 Å². The van der Waals surface area contributed by atoms with Gasteiger partial charge in [-0.3, -0.25) is 4.79 Å². The summed E-state index contributed by atoms with van der Waals surface area (Å²) in [7, 11) is 0. The molecule has 3 N–H and O–H groups in total. The van der Waals surface area contributed by atoms with Gasteiger partial charge in [0.15, 0.2) is 5.43 Å². The Balaban J connectivity index is 2.08. The molecule has 31 heavy (non-hydrogen) atoms. The highest BCUT2D eigenvalue weighted by molar-refractivity contribution is 7.80. The lowest BCUT2D eigenvalue weighted by Gasteiger charge is -2.18. The summed E-state index contributed by atoms with van der Waals surface area (Å²) in [5.74, 6) is -0.790. The van der Waals surface area contributed by atoms with Gasteiger partial charge in [-0.1, -0.05) is 25.2 Å². The third-order valence-corrected chi connectivity index (χ3v) is 5.37. The molecule has 2 aromatic carbocycles. The average molecular weight is 433 g/mol. The number of aromatic carboxylic acids is 1. The maximum atomic E-state index is 12.1. The van der Waals surface area contributed by atoms with E-state index in [2.05, 4.69) is 5.32 Å². The Bertz CT molecular complexity index is 1360. The van der Waals surface area contributed by atoms with Gasteiger partial charge in [0.25, 0.3) is 0 Å². The van der Waals surface area contributed by atoms with Crippen LogP contribution in [0.5, 0.6) is 5.75 Å². The number of hydrogen-bond acceptors (Lipinski definition) is 5. The standard InChI is InChI=1S/C24H19NO5S/c1-2-9-25-23(31)13-3-6-16(24(28)29)19(10-13)22-17-7-4-14(26)11-20(17)30-21-12-15(27)5-8-18(21)22/h3-8,10-12,26H,2,9H2,1H3,(H,25,31)(H,28,29). The van der Waals surface area contributed by atoms with E-state index in [-0.39, 0.29) is 16.7 Å². The number of hydrogen-bond donors (Lipinski definition) is 3. The van der Waals surface area contributed by atoms with Gasteiger partial charge in [-0.2, -0.15) is 0 Å². The smallest absolute Gasteiger partial charge is 0.336 e. The monoisotopic (exact) mass is 433 g/mol. The largest absolute Gasteiger partial charge is 0.508 e. The normalized spacial score (nSPS) is 11.0. The Morgan fingerprint density at radius 2 is 1.87 bits per heavy atom. The van der Waals surface area contributed by atoms with Gasteiger partial charge >= 0.3 is 5.97 Å². The number of thiocarbonyl (C=S) groups is 1. The van der Waals surface area contributed by atoms with Crippen LogP contribution in [0.3, 0.4) is 0 Å². The number of nitrogens with one attached hydrogen (secondary N) is 1. The number of fused-ring (bicyclic) bond motifs is 2. The number of phenolic OH excluding ortho intramolecular Hbond substituents is 1. The zero-order valence-corrected chi connectivity index (χ0v) is 17.5. The lowest BCUT2D eigenvalue weighted by molar-refractivity contribution is 0.0697. The SMILES string of the molecule is CCCNC(=S)c1ccc(C(=O)O)c(-c2c3ccc(=O)cc-3oc3cc(O)ccc23)c1. The number of carbonyl (C=O) groups is 1. The topological polar surface area (TPSA) is 99.8 Å². The van der Waals surface area contributed by atoms with Gasteiger partial charge in [0, 0.05) is 40.8 Å². The van der Waals surface area contributed by atoms with Gasteiger partial charge in [-0.05, 0) is 48.4 Å². The summed E-state index contributed by atoms with van der Waals surface area (Å²) >= 11 is 5.48. The molecule has 2 aliphatic rings. The van der Waals surface area contributed by atoms with Crippen LogP contribution in [0.2, 0.25) is 0 Å². The fourth-order valence-electron chi connectivity index (χ4n) is 3.57. The van der Waals surface area contributed by atoms with Gasteiger partial charge < -0.3 is 19.9 Å². The molecule has 0 atom stereocenters. The van der Waals surface area contributed by atoms with Gasteiger partial charge in [0.05, 0.1) is 5.56 Å². The van der Waals surface area contributed by atoms with Crippen molar-refractivity contribution in [2.45, 2.75) is 13.3 Å². The van der Waals surface area contributed by atoms with Crippen LogP contribution in [0, 0.1) is 0 Å². The molecule has 4 rings (SSSR count). The van der Waals surface area contributed by atoms with E-state index in [0.29, 0.717) is 50.5 Å². The summed E-state index contributed by atoms with van der Waals surface area (Å²) in [6, 6.07) is 13.9. The molecule has 156 valence electrons. The molecular formula is C24H19NO5S. The molecule has 6 nitrogen and oxygen atoms in total. The quantitative estimate of drug-likeness (QED) is 0.311. The van der Waals surface area contributed by atoms with E-state index in [0.717, 1.165) is 6.42 Å². The zero-order valence-electron chi connectivity index (χ0n) is 16.6. The molecule has 0 bridgehead atoms. The first-order chi connectivity index (χ1) is 14.9. The Morgan fingerprint density at radius 1 is 1.06 bits per heavy atom. The van der Waals surface area contributed by atoms with Crippen molar-refractivity contribution in [2.75, 3.05) is 6.54 Å². The lowest BCUT2D eigenvalue weighted by atomic mass is 9.89. The zero-order chi connectivity index (χ0) is 22.1. The van der Waals surface area contributed by atoms with Gasteiger partial charge in [0.1, 0.15) is 22.1 Å². The number of carboxylic acid groups (broad SMARTS) is 1. The Kier molecular flexibility index (Phi) is 5.44. The molecule has 0 unspecified atom stereocenters. The average Bonchev–Trinajstić information content (AvgIpc) is 2.75. The molecule has 0 radical (unpaired) electrons. The second-order valence-electron chi connectivity index (χ2n) is 7.14. The molecule has 2 aromatic rings. The second kappa shape index (κ2) is 8.20. The maximum Gasteiger partial charge on any atom is 0.336 e. The molecule has 1 heterocycles. The minimum absolute atomic E-state index is 0.00280. The van der Waals surface area contributed by atoms with Gasteiger partial charge in [-0.25, -0.2) is 4.79 Å². The number of phenols is 1. The van der Waals surface area contributed by atoms with Crippen molar-refractivity contribution >= 4 is 34.1 Å². The van der Waals surface area contributed by atoms with E-state index < -0.39 is 5.97 Å². The summed E-state index contributed by atoms with van der Waals surface area (Å²) in [5, 5.41) is 23.6. The summed E-state index contributed by atoms with van der Waals surface area (Å²) in [6.07, 6.45) is 0.899. The third kappa shape index (κ3) is 3.87. The fourth-order valence-corrected chi connectivity index (χ4v) is 3.80. The van der Waals surface area contributed by atoms with E-state index in [1.807, 2.05) is 6.92 Å². The van der Waals surface area contributed by atoms with Crippen molar-refractivity contribution in [1.82, 2.24) is 5.32 Å². The van der Waals surface area contributed by atoms with Crippen molar-refractivity contribution in [3.8, 4) is 28.2 Å². The summed E-state index contributed by atoms with van der Waals surface area (Å²) in [4.78, 5) is 24.5. The Hall–Kier alpha value is -3.71. The fraction of sp³-hybridized carbons (Fsp3) is 0.125. The predicted molar refractivity (Wildman–Crippen MR) is 123 cm³/mol. The predicted octanol–water partition coefficient (Wildman–Crippen LogP) is 4.64. The van der Waals surface area contributed by atoms with Crippen LogP contribution >= 0.6 is 12.2 Å². The van der Waals surface area contributed by atoms with Crippen molar-refractivity contribution in [1.29, 1.82) is 0 Å². The molecule has 0 amide bonds. The van der Waals surface area contributed by atoms with Gasteiger partial charge in [-0.15, -0.1) is 0 Å². The van der Waals surface area contributed by atoms with Crippen molar-refractivity contribution in [3.05, 3.63) is 75.9 Å². The number of benzene rings is 3. The molecule has 0 spiro atoms. The summed E-state index contributed by atoms with van der Waals surface area (Å²) < 4.78 is 5.86. The van der Waals surface area contributed by atoms with E-state index in [4.69, 9.17) is 16.6 Å².